The van der Waals surface area contributed by atoms with Crippen LogP contribution in [0.4, 0.5) is 4.39 Å². The van der Waals surface area contributed by atoms with Crippen molar-refractivity contribution in [3.8, 4) is 17.6 Å². The number of thiophene rings is 1. The number of ether oxygens (including phenoxy) is 1. The molecule has 0 spiro atoms. The van der Waals surface area contributed by atoms with Gasteiger partial charge in [0.1, 0.15) is 11.9 Å². The third kappa shape index (κ3) is 5.55. The second kappa shape index (κ2) is 10.6. The van der Waals surface area contributed by atoms with Crippen molar-refractivity contribution >= 4 is 22.2 Å². The molecular formula is C27H31FN2O2S. The Kier molecular flexibility index (Phi) is 7.64. The first-order valence-electron chi connectivity index (χ1n) is 11.5. The van der Waals surface area contributed by atoms with E-state index >= 15 is 4.39 Å². The lowest BCUT2D eigenvalue weighted by molar-refractivity contribution is 0.0344. The maximum atomic E-state index is 15.6. The molecule has 1 fully saturated rings. The van der Waals surface area contributed by atoms with Gasteiger partial charge in [-0.05, 0) is 91.9 Å². The zero-order valence-corrected chi connectivity index (χ0v) is 20.1. The Balaban J connectivity index is 1.39. The highest BCUT2D eigenvalue weighted by atomic mass is 32.1. The SMILES string of the molecule is COc1ccc2ncc(C)c([C@H](F)CCC3(CO)CCN(CC#Cc4cccs4)CC3)c2c1. The smallest absolute Gasteiger partial charge is 0.126 e. The first-order chi connectivity index (χ1) is 16.0. The highest BCUT2D eigenvalue weighted by Crippen LogP contribution is 2.40. The van der Waals surface area contributed by atoms with Gasteiger partial charge in [0.15, 0.2) is 0 Å². The number of likely N-dealkylation sites (tertiary alicyclic amines) is 1. The predicted molar refractivity (Wildman–Crippen MR) is 133 cm³/mol. The second-order valence-corrected chi connectivity index (χ2v) is 9.91. The molecule has 6 heteroatoms. The molecule has 1 aliphatic heterocycles. The largest absolute Gasteiger partial charge is 0.497 e. The van der Waals surface area contributed by atoms with E-state index in [-0.39, 0.29) is 12.0 Å². The van der Waals surface area contributed by atoms with E-state index in [1.54, 1.807) is 24.6 Å². The van der Waals surface area contributed by atoms with Gasteiger partial charge in [0.05, 0.1) is 24.0 Å². The van der Waals surface area contributed by atoms with Crippen LogP contribution in [0.5, 0.6) is 5.75 Å². The zero-order valence-electron chi connectivity index (χ0n) is 19.3. The molecule has 33 heavy (non-hydrogen) atoms. The van der Waals surface area contributed by atoms with Crippen molar-refractivity contribution in [3.05, 3.63) is 57.9 Å². The molecule has 1 aromatic carbocycles. The molecule has 2 aromatic heterocycles. The quantitative estimate of drug-likeness (QED) is 0.465. The number of pyridine rings is 1. The highest BCUT2D eigenvalue weighted by Gasteiger charge is 2.34. The number of alkyl halides is 1. The molecule has 0 bridgehead atoms. The summed E-state index contributed by atoms with van der Waals surface area (Å²) in [6.45, 7) is 4.49. The summed E-state index contributed by atoms with van der Waals surface area (Å²) in [5.74, 6) is 7.16. The minimum atomic E-state index is -1.11. The number of rotatable bonds is 7. The number of aryl methyl sites for hydroxylation is 1. The van der Waals surface area contributed by atoms with Gasteiger partial charge in [0.2, 0.25) is 0 Å². The van der Waals surface area contributed by atoms with Gasteiger partial charge < -0.3 is 9.84 Å². The van der Waals surface area contributed by atoms with E-state index in [1.165, 1.54) is 0 Å². The highest BCUT2D eigenvalue weighted by molar-refractivity contribution is 7.10. The summed E-state index contributed by atoms with van der Waals surface area (Å²) in [6.07, 6.45) is 3.40. The fourth-order valence-corrected chi connectivity index (χ4v) is 5.26. The first kappa shape index (κ1) is 23.7. The van der Waals surface area contributed by atoms with Crippen LogP contribution in [0, 0.1) is 24.2 Å². The van der Waals surface area contributed by atoms with Gasteiger partial charge in [0, 0.05) is 18.2 Å². The van der Waals surface area contributed by atoms with Crippen LogP contribution in [0.1, 0.15) is 47.9 Å². The Labute approximate surface area is 199 Å². The Hall–Kier alpha value is -2.46. The summed E-state index contributed by atoms with van der Waals surface area (Å²) in [5, 5.41) is 13.1. The Bertz CT molecular complexity index is 1130. The van der Waals surface area contributed by atoms with E-state index in [0.29, 0.717) is 24.2 Å². The van der Waals surface area contributed by atoms with E-state index in [1.807, 2.05) is 42.6 Å². The third-order valence-electron chi connectivity index (χ3n) is 6.84. The normalized spacial score (nSPS) is 16.8. The lowest BCUT2D eigenvalue weighted by atomic mass is 9.74. The third-order valence-corrected chi connectivity index (χ3v) is 7.63. The first-order valence-corrected chi connectivity index (χ1v) is 12.3. The number of aliphatic hydroxyl groups excluding tert-OH is 1. The van der Waals surface area contributed by atoms with Crippen LogP contribution in [-0.4, -0.2) is 48.3 Å². The maximum absolute atomic E-state index is 15.6. The number of aliphatic hydroxyl groups is 1. The topological polar surface area (TPSA) is 45.6 Å². The van der Waals surface area contributed by atoms with Crippen molar-refractivity contribution in [2.24, 2.45) is 5.41 Å². The molecule has 0 amide bonds. The molecule has 3 aromatic rings. The Morgan fingerprint density at radius 3 is 2.82 bits per heavy atom. The molecule has 1 aliphatic rings. The van der Waals surface area contributed by atoms with E-state index in [2.05, 4.69) is 21.7 Å². The molecule has 0 radical (unpaired) electrons. The monoisotopic (exact) mass is 466 g/mol. The van der Waals surface area contributed by atoms with E-state index < -0.39 is 6.17 Å². The number of hydrogen-bond acceptors (Lipinski definition) is 5. The molecule has 4 rings (SSSR count). The molecule has 0 saturated carbocycles. The molecule has 1 saturated heterocycles. The van der Waals surface area contributed by atoms with Crippen molar-refractivity contribution in [2.75, 3.05) is 33.4 Å². The fraction of sp³-hybridized carbons (Fsp3) is 0.444. The Morgan fingerprint density at radius 1 is 1.30 bits per heavy atom. The van der Waals surface area contributed by atoms with Crippen molar-refractivity contribution in [1.82, 2.24) is 9.88 Å². The number of nitrogens with zero attached hydrogens (tertiary/aromatic N) is 2. The Morgan fingerprint density at radius 2 is 2.12 bits per heavy atom. The second-order valence-electron chi connectivity index (χ2n) is 8.96. The van der Waals surface area contributed by atoms with Crippen molar-refractivity contribution in [2.45, 2.75) is 38.8 Å². The lowest BCUT2D eigenvalue weighted by Gasteiger charge is -2.40. The minimum Gasteiger partial charge on any atom is -0.497 e. The summed E-state index contributed by atoms with van der Waals surface area (Å²) in [7, 11) is 1.61. The van der Waals surface area contributed by atoms with Crippen LogP contribution < -0.4 is 4.74 Å². The van der Waals surface area contributed by atoms with Gasteiger partial charge in [-0.1, -0.05) is 17.9 Å². The number of benzene rings is 1. The summed E-state index contributed by atoms with van der Waals surface area (Å²) >= 11 is 1.65. The number of hydrogen-bond donors (Lipinski definition) is 1. The molecule has 1 atom stereocenters. The average molecular weight is 467 g/mol. The predicted octanol–water partition coefficient (Wildman–Crippen LogP) is 5.53. The summed E-state index contributed by atoms with van der Waals surface area (Å²) in [5.41, 5.74) is 2.08. The number of fused-ring (bicyclic) bond motifs is 1. The van der Waals surface area contributed by atoms with Gasteiger partial charge in [-0.25, -0.2) is 4.39 Å². The van der Waals surface area contributed by atoms with E-state index in [4.69, 9.17) is 4.74 Å². The van der Waals surface area contributed by atoms with Crippen LogP contribution in [0.15, 0.2) is 41.9 Å². The summed E-state index contributed by atoms with van der Waals surface area (Å²) < 4.78 is 21.0. The molecule has 3 heterocycles. The van der Waals surface area contributed by atoms with E-state index in [0.717, 1.165) is 53.8 Å². The van der Waals surface area contributed by atoms with Gasteiger partial charge in [0.25, 0.3) is 0 Å². The van der Waals surface area contributed by atoms with Crippen molar-refractivity contribution < 1.29 is 14.2 Å². The van der Waals surface area contributed by atoms with Crippen molar-refractivity contribution in [1.29, 1.82) is 0 Å². The number of aromatic nitrogens is 1. The summed E-state index contributed by atoms with van der Waals surface area (Å²) in [4.78, 5) is 7.86. The molecule has 4 nitrogen and oxygen atoms in total. The fourth-order valence-electron chi connectivity index (χ4n) is 4.67. The van der Waals surface area contributed by atoms with Crippen LogP contribution in [0.2, 0.25) is 0 Å². The molecule has 0 unspecified atom stereocenters. The minimum absolute atomic E-state index is 0.0956. The number of methoxy groups -OCH3 is 1. The van der Waals surface area contributed by atoms with Gasteiger partial charge in [-0.3, -0.25) is 9.88 Å². The van der Waals surface area contributed by atoms with Crippen LogP contribution in [0.3, 0.4) is 0 Å². The van der Waals surface area contributed by atoms with E-state index in [9.17, 15) is 5.11 Å². The van der Waals surface area contributed by atoms with Crippen LogP contribution >= 0.6 is 11.3 Å². The van der Waals surface area contributed by atoms with Crippen LogP contribution in [0.25, 0.3) is 10.9 Å². The number of piperidine rings is 1. The molecule has 174 valence electrons. The van der Waals surface area contributed by atoms with Gasteiger partial charge in [-0.15, -0.1) is 11.3 Å². The number of halogens is 1. The zero-order chi connectivity index (χ0) is 23.3. The summed E-state index contributed by atoms with van der Waals surface area (Å²) in [6, 6.07) is 9.63. The van der Waals surface area contributed by atoms with Crippen LogP contribution in [-0.2, 0) is 0 Å². The van der Waals surface area contributed by atoms with Gasteiger partial charge in [-0.2, -0.15) is 0 Å². The molecular weight excluding hydrogens is 435 g/mol. The molecule has 1 N–H and O–H groups in total. The van der Waals surface area contributed by atoms with Gasteiger partial charge >= 0.3 is 0 Å². The molecule has 0 aliphatic carbocycles. The standard InChI is InChI=1S/C27H31FN2O2S/c1-20-18-29-25-8-7-21(32-2)17-23(25)26(20)24(28)9-10-27(19-31)11-14-30(15-12-27)13-3-5-22-6-4-16-33-22/h4,6-8,16-18,24,31H,9-15,19H2,1-2H3/t24-/m1/s1. The lowest BCUT2D eigenvalue weighted by Crippen LogP contribution is -2.42. The average Bonchev–Trinajstić information content (AvgIpc) is 3.36. The maximum Gasteiger partial charge on any atom is 0.126 e. The van der Waals surface area contributed by atoms with Crippen molar-refractivity contribution in [3.63, 3.8) is 0 Å².